The molecule has 6 atom stereocenters. The lowest BCUT2D eigenvalue weighted by Gasteiger charge is -2.31. The van der Waals surface area contributed by atoms with Crippen LogP contribution < -0.4 is 22.3 Å². The van der Waals surface area contributed by atoms with Gasteiger partial charge >= 0.3 is 11.7 Å². The second-order valence-electron chi connectivity index (χ2n) is 8.35. The molecule has 0 saturated carbocycles. The molecule has 1 aliphatic rings. The lowest BCUT2D eigenvalue weighted by atomic mass is 10.00. The summed E-state index contributed by atoms with van der Waals surface area (Å²) in [5.41, 5.74) is 4.44. The Morgan fingerprint density at radius 2 is 1.94 bits per heavy atom. The first-order chi connectivity index (χ1) is 16.3. The molecule has 1 aliphatic heterocycles. The van der Waals surface area contributed by atoms with Crippen LogP contribution in [-0.2, 0) is 14.3 Å². The van der Waals surface area contributed by atoms with Crippen LogP contribution in [-0.4, -0.2) is 82.0 Å². The average Bonchev–Trinajstić information content (AvgIpc) is 3.07. The van der Waals surface area contributed by atoms with E-state index in [1.807, 2.05) is 4.98 Å². The van der Waals surface area contributed by atoms with Gasteiger partial charge in [-0.1, -0.05) is 11.8 Å². The fourth-order valence-corrected chi connectivity index (χ4v) is 4.44. The molecular formula is C20H25N5O9S. The molecule has 190 valence electrons. The number of carboxylic acid groups (broad SMARTS) is 1. The number of H-pyrrole nitrogens is 1. The minimum Gasteiger partial charge on any atom is -0.506 e. The van der Waals surface area contributed by atoms with E-state index in [1.54, 1.807) is 13.8 Å². The van der Waals surface area contributed by atoms with Gasteiger partial charge in [-0.15, -0.1) is 0 Å². The molecule has 2 aromatic rings. The van der Waals surface area contributed by atoms with E-state index in [9.17, 15) is 39.6 Å². The van der Waals surface area contributed by atoms with Crippen LogP contribution >= 0.6 is 11.8 Å². The van der Waals surface area contributed by atoms with E-state index in [0.717, 1.165) is 28.6 Å². The second kappa shape index (κ2) is 10.2. The van der Waals surface area contributed by atoms with Crippen molar-refractivity contribution in [2.45, 2.75) is 60.2 Å². The molecule has 1 amide bonds. The Morgan fingerprint density at radius 1 is 1.26 bits per heavy atom. The van der Waals surface area contributed by atoms with Crippen molar-refractivity contribution in [3.63, 3.8) is 0 Å². The zero-order chi connectivity index (χ0) is 26.1. The van der Waals surface area contributed by atoms with Crippen LogP contribution in [0.1, 0.15) is 20.1 Å². The standard InChI is InChI=1S/C20H25N5O9S/c1-20(2,35-10-4-3-8(26)7-22-10)15(21)16(30)24-11(18(31)32)14-12(28)13(29)17(34-14)25-6-5-9(27)23-19(25)33/h3-7,11-15,17,26,28-29H,21H2,1-2H3,(H,24,30)(H,31,32)(H,23,27,33)/t11-,12-,13+,14+,15+,17+/m0/s1. The summed E-state index contributed by atoms with van der Waals surface area (Å²) in [6.07, 6.45) is -4.50. The van der Waals surface area contributed by atoms with E-state index in [1.165, 1.54) is 18.3 Å². The van der Waals surface area contributed by atoms with E-state index >= 15 is 0 Å². The van der Waals surface area contributed by atoms with E-state index in [4.69, 9.17) is 10.5 Å². The first kappa shape index (κ1) is 26.4. The number of nitrogens with two attached hydrogens (primary N) is 1. The number of aromatic nitrogens is 3. The summed E-state index contributed by atoms with van der Waals surface area (Å²) in [6.45, 7) is 3.27. The number of pyridine rings is 1. The van der Waals surface area contributed by atoms with Gasteiger partial charge in [0.25, 0.3) is 5.56 Å². The fraction of sp³-hybridized carbons (Fsp3) is 0.450. The highest BCUT2D eigenvalue weighted by Crippen LogP contribution is 2.34. The predicted octanol–water partition coefficient (Wildman–Crippen LogP) is -2.28. The monoisotopic (exact) mass is 511 g/mol. The molecule has 1 fully saturated rings. The number of hydrogen-bond donors (Lipinski definition) is 7. The highest BCUT2D eigenvalue weighted by atomic mass is 32.2. The molecule has 8 N–H and O–H groups in total. The van der Waals surface area contributed by atoms with Crippen LogP contribution in [0.2, 0.25) is 0 Å². The Kier molecular flexibility index (Phi) is 7.66. The lowest BCUT2D eigenvalue weighted by Crippen LogP contribution is -2.59. The number of carbonyl (C=O) groups is 2. The largest absolute Gasteiger partial charge is 0.506 e. The number of rotatable bonds is 8. The molecule has 1 saturated heterocycles. The number of carbonyl (C=O) groups excluding carboxylic acids is 1. The molecule has 0 unspecified atom stereocenters. The normalized spacial score (nSPS) is 24.0. The summed E-state index contributed by atoms with van der Waals surface area (Å²) in [5, 5.41) is 42.6. The topological polar surface area (TPSA) is 230 Å². The molecule has 0 radical (unpaired) electrons. The Bertz CT molecular complexity index is 1200. The third-order valence-corrected chi connectivity index (χ3v) is 6.64. The fourth-order valence-electron chi connectivity index (χ4n) is 3.43. The summed E-state index contributed by atoms with van der Waals surface area (Å²) >= 11 is 1.12. The first-order valence-corrected chi connectivity index (χ1v) is 11.1. The van der Waals surface area contributed by atoms with Gasteiger partial charge < -0.3 is 36.2 Å². The zero-order valence-corrected chi connectivity index (χ0v) is 19.4. The number of thioether (sulfide) groups is 1. The van der Waals surface area contributed by atoms with Gasteiger partial charge in [-0.2, -0.15) is 0 Å². The van der Waals surface area contributed by atoms with Crippen molar-refractivity contribution in [3.8, 4) is 5.75 Å². The number of hydrogen-bond acceptors (Lipinski definition) is 11. The highest BCUT2D eigenvalue weighted by Gasteiger charge is 2.50. The minimum absolute atomic E-state index is 0.0433. The van der Waals surface area contributed by atoms with Gasteiger partial charge in [-0.3, -0.25) is 19.1 Å². The van der Waals surface area contributed by atoms with Crippen LogP contribution in [0.25, 0.3) is 0 Å². The summed E-state index contributed by atoms with van der Waals surface area (Å²) < 4.78 is 5.25. The third kappa shape index (κ3) is 5.71. The molecule has 2 aromatic heterocycles. The van der Waals surface area contributed by atoms with Gasteiger partial charge in [-0.25, -0.2) is 14.6 Å². The number of carboxylic acids is 1. The molecule has 3 heterocycles. The zero-order valence-electron chi connectivity index (χ0n) is 18.6. The number of aliphatic carboxylic acids is 1. The maximum Gasteiger partial charge on any atom is 0.330 e. The molecule has 15 heteroatoms. The van der Waals surface area contributed by atoms with E-state index < -0.39 is 64.5 Å². The lowest BCUT2D eigenvalue weighted by molar-refractivity contribution is -0.149. The third-order valence-electron chi connectivity index (χ3n) is 5.41. The number of aromatic hydroxyl groups is 1. The van der Waals surface area contributed by atoms with E-state index in [0.29, 0.717) is 5.03 Å². The van der Waals surface area contributed by atoms with Gasteiger partial charge in [0.05, 0.1) is 17.3 Å². The van der Waals surface area contributed by atoms with Gasteiger partial charge in [0.2, 0.25) is 5.91 Å². The van der Waals surface area contributed by atoms with Crippen molar-refractivity contribution in [2.24, 2.45) is 5.73 Å². The summed E-state index contributed by atoms with van der Waals surface area (Å²) in [6, 6.07) is 0.816. The molecule has 35 heavy (non-hydrogen) atoms. The number of ether oxygens (including phenoxy) is 1. The van der Waals surface area contributed by atoms with E-state index in [2.05, 4.69) is 10.3 Å². The number of nitrogens with one attached hydrogen (secondary N) is 2. The smallest absolute Gasteiger partial charge is 0.330 e. The SMILES string of the molecule is CC(C)(Sc1ccc(O)cn1)[C@H](N)C(=O)N[C@H](C(=O)O)[C@H]1O[C@@H](n2ccc(=O)[nH]c2=O)[C@H](O)[C@@H]1O. The van der Waals surface area contributed by atoms with Crippen molar-refractivity contribution in [1.29, 1.82) is 0 Å². The van der Waals surface area contributed by atoms with Crippen molar-refractivity contribution < 1.29 is 34.8 Å². The molecule has 0 spiro atoms. The number of aliphatic hydroxyl groups is 2. The molecule has 0 aromatic carbocycles. The van der Waals surface area contributed by atoms with Crippen LogP contribution in [0, 0.1) is 0 Å². The van der Waals surface area contributed by atoms with Crippen LogP contribution in [0.5, 0.6) is 5.75 Å². The van der Waals surface area contributed by atoms with Crippen molar-refractivity contribution in [3.05, 3.63) is 51.4 Å². The summed E-state index contributed by atoms with van der Waals surface area (Å²) in [7, 11) is 0. The number of amides is 1. The minimum atomic E-state index is -1.84. The summed E-state index contributed by atoms with van der Waals surface area (Å²) in [4.78, 5) is 54.1. The molecule has 0 bridgehead atoms. The van der Waals surface area contributed by atoms with Gasteiger partial charge in [-0.05, 0) is 26.0 Å². The van der Waals surface area contributed by atoms with Gasteiger partial charge in [0, 0.05) is 17.0 Å². The Hall–Kier alpha value is -3.24. The number of aromatic amines is 1. The molecule has 3 rings (SSSR count). The average molecular weight is 512 g/mol. The van der Waals surface area contributed by atoms with Crippen LogP contribution in [0.4, 0.5) is 0 Å². The summed E-state index contributed by atoms with van der Waals surface area (Å²) in [5.74, 6) is -2.51. The second-order valence-corrected chi connectivity index (χ2v) is 10.0. The Morgan fingerprint density at radius 3 is 2.51 bits per heavy atom. The van der Waals surface area contributed by atoms with E-state index in [-0.39, 0.29) is 5.75 Å². The number of aliphatic hydroxyl groups excluding tert-OH is 2. The van der Waals surface area contributed by atoms with Crippen LogP contribution in [0.3, 0.4) is 0 Å². The van der Waals surface area contributed by atoms with Gasteiger partial charge in [0.1, 0.15) is 24.1 Å². The maximum absolute atomic E-state index is 12.9. The number of nitrogens with zero attached hydrogens (tertiary/aromatic N) is 2. The van der Waals surface area contributed by atoms with Crippen LogP contribution in [0.15, 0.2) is 45.2 Å². The highest BCUT2D eigenvalue weighted by molar-refractivity contribution is 8.00. The molecular weight excluding hydrogens is 486 g/mol. The molecule has 0 aliphatic carbocycles. The Balaban J connectivity index is 1.77. The predicted molar refractivity (Wildman–Crippen MR) is 121 cm³/mol. The first-order valence-electron chi connectivity index (χ1n) is 10.3. The molecule has 14 nitrogen and oxygen atoms in total. The van der Waals surface area contributed by atoms with Crippen molar-refractivity contribution >= 4 is 23.6 Å². The van der Waals surface area contributed by atoms with Crippen molar-refractivity contribution in [2.75, 3.05) is 0 Å². The van der Waals surface area contributed by atoms with Crippen molar-refractivity contribution in [1.82, 2.24) is 19.9 Å². The van der Waals surface area contributed by atoms with Gasteiger partial charge in [0.15, 0.2) is 12.3 Å². The maximum atomic E-state index is 12.9. The Labute approximate surface area is 201 Å². The quantitative estimate of drug-likeness (QED) is 0.186.